The molecule has 0 aliphatic rings. The van der Waals surface area contributed by atoms with Gasteiger partial charge in [0.25, 0.3) is 0 Å². The fourth-order valence-corrected chi connectivity index (χ4v) is 1.84. The summed E-state index contributed by atoms with van der Waals surface area (Å²) in [6.45, 7) is 3.90. The first kappa shape index (κ1) is 12.4. The fourth-order valence-electron chi connectivity index (χ4n) is 1.84. The summed E-state index contributed by atoms with van der Waals surface area (Å²) >= 11 is 0. The van der Waals surface area contributed by atoms with E-state index in [1.54, 1.807) is 6.07 Å². The highest BCUT2D eigenvalue weighted by molar-refractivity contribution is 5.47. The Morgan fingerprint density at radius 1 is 1.11 bits per heavy atom. The van der Waals surface area contributed by atoms with Crippen LogP contribution in [0.25, 0.3) is 0 Å². The number of rotatable bonds is 3. The van der Waals surface area contributed by atoms with Crippen molar-refractivity contribution in [2.24, 2.45) is 0 Å². The Morgan fingerprint density at radius 3 is 2.39 bits per heavy atom. The third-order valence-corrected chi connectivity index (χ3v) is 2.89. The molecule has 0 heterocycles. The molecule has 0 amide bonds. The minimum absolute atomic E-state index is 0.0567. The topological polar surface area (TPSA) is 32.3 Å². The van der Waals surface area contributed by atoms with Gasteiger partial charge in [-0.05, 0) is 32.0 Å². The van der Waals surface area contributed by atoms with E-state index in [1.165, 1.54) is 11.6 Å². The second-order valence-corrected chi connectivity index (χ2v) is 4.44. The maximum atomic E-state index is 13.7. The van der Waals surface area contributed by atoms with Gasteiger partial charge in [-0.15, -0.1) is 0 Å². The lowest BCUT2D eigenvalue weighted by atomic mass is 10.1. The average Bonchev–Trinajstić information content (AvgIpc) is 2.32. The largest absolute Gasteiger partial charge is 0.508 e. The van der Waals surface area contributed by atoms with Gasteiger partial charge in [0.15, 0.2) is 0 Å². The molecular weight excluding hydrogens is 229 g/mol. The first-order valence-electron chi connectivity index (χ1n) is 5.88. The van der Waals surface area contributed by atoms with E-state index in [2.05, 4.69) is 5.32 Å². The van der Waals surface area contributed by atoms with Crippen LogP contribution in [0, 0.1) is 12.7 Å². The molecular formula is C15H16FNO. The normalized spacial score (nSPS) is 12.2. The Hall–Kier alpha value is -2.03. The van der Waals surface area contributed by atoms with Crippen molar-refractivity contribution in [3.05, 3.63) is 59.4 Å². The van der Waals surface area contributed by atoms with Crippen molar-refractivity contribution in [3.8, 4) is 5.75 Å². The van der Waals surface area contributed by atoms with E-state index in [0.29, 0.717) is 5.56 Å². The summed E-state index contributed by atoms with van der Waals surface area (Å²) in [6.07, 6.45) is 0. The molecule has 0 aromatic heterocycles. The number of hydrogen-bond donors (Lipinski definition) is 2. The van der Waals surface area contributed by atoms with Crippen molar-refractivity contribution >= 4 is 5.69 Å². The van der Waals surface area contributed by atoms with Crippen molar-refractivity contribution in [3.63, 3.8) is 0 Å². The monoisotopic (exact) mass is 245 g/mol. The van der Waals surface area contributed by atoms with Crippen molar-refractivity contribution in [2.75, 3.05) is 5.32 Å². The summed E-state index contributed by atoms with van der Waals surface area (Å²) in [6, 6.07) is 12.0. The third-order valence-electron chi connectivity index (χ3n) is 2.89. The van der Waals surface area contributed by atoms with E-state index in [4.69, 9.17) is 0 Å². The number of aryl methyl sites for hydroxylation is 1. The summed E-state index contributed by atoms with van der Waals surface area (Å²) in [5.41, 5.74) is 2.66. The van der Waals surface area contributed by atoms with Crippen LogP contribution in [0.15, 0.2) is 42.5 Å². The van der Waals surface area contributed by atoms with Crippen LogP contribution in [0.3, 0.4) is 0 Å². The van der Waals surface area contributed by atoms with Crippen molar-refractivity contribution < 1.29 is 9.50 Å². The minimum atomic E-state index is -0.401. The summed E-state index contributed by atoms with van der Waals surface area (Å²) in [5, 5.41) is 12.4. The quantitative estimate of drug-likeness (QED) is 0.856. The molecule has 0 saturated carbocycles. The van der Waals surface area contributed by atoms with Crippen LogP contribution in [0.1, 0.15) is 24.1 Å². The molecule has 1 unspecified atom stereocenters. The van der Waals surface area contributed by atoms with Gasteiger partial charge in [-0.1, -0.05) is 23.8 Å². The lowest BCUT2D eigenvalue weighted by molar-refractivity contribution is 0.467. The van der Waals surface area contributed by atoms with E-state index in [0.717, 1.165) is 11.8 Å². The lowest BCUT2D eigenvalue weighted by Crippen LogP contribution is -2.08. The molecule has 0 aliphatic carbocycles. The second kappa shape index (κ2) is 5.08. The van der Waals surface area contributed by atoms with Crippen LogP contribution in [0.2, 0.25) is 0 Å². The SMILES string of the molecule is Cc1ccc(NC(C)c2ccc(O)cc2F)cc1. The Kier molecular flexibility index (Phi) is 3.51. The van der Waals surface area contributed by atoms with Gasteiger partial charge in [-0.25, -0.2) is 4.39 Å². The van der Waals surface area contributed by atoms with Gasteiger partial charge in [-0.2, -0.15) is 0 Å². The molecule has 1 atom stereocenters. The Labute approximate surface area is 106 Å². The first-order valence-corrected chi connectivity index (χ1v) is 5.88. The van der Waals surface area contributed by atoms with Gasteiger partial charge in [0.1, 0.15) is 11.6 Å². The van der Waals surface area contributed by atoms with Crippen molar-refractivity contribution in [1.82, 2.24) is 0 Å². The second-order valence-electron chi connectivity index (χ2n) is 4.44. The Bertz CT molecular complexity index is 537. The highest BCUT2D eigenvalue weighted by Crippen LogP contribution is 2.24. The number of phenols is 1. The minimum Gasteiger partial charge on any atom is -0.508 e. The van der Waals surface area contributed by atoms with Gasteiger partial charge in [0.05, 0.1) is 6.04 Å². The molecule has 18 heavy (non-hydrogen) atoms. The molecule has 94 valence electrons. The van der Waals surface area contributed by atoms with E-state index >= 15 is 0 Å². The lowest BCUT2D eigenvalue weighted by Gasteiger charge is -2.16. The third kappa shape index (κ3) is 2.80. The molecule has 0 fully saturated rings. The Morgan fingerprint density at radius 2 is 1.78 bits per heavy atom. The fraction of sp³-hybridized carbons (Fsp3) is 0.200. The highest BCUT2D eigenvalue weighted by Gasteiger charge is 2.11. The molecule has 0 bridgehead atoms. The van der Waals surface area contributed by atoms with Crippen LogP contribution < -0.4 is 5.32 Å². The van der Waals surface area contributed by atoms with Gasteiger partial charge < -0.3 is 10.4 Å². The molecule has 2 rings (SSSR count). The van der Waals surface area contributed by atoms with Crippen LogP contribution >= 0.6 is 0 Å². The van der Waals surface area contributed by atoms with Crippen LogP contribution in [0.5, 0.6) is 5.75 Å². The number of hydrogen-bond acceptors (Lipinski definition) is 2. The molecule has 3 heteroatoms. The van der Waals surface area contributed by atoms with Gasteiger partial charge in [-0.3, -0.25) is 0 Å². The number of anilines is 1. The van der Waals surface area contributed by atoms with E-state index in [-0.39, 0.29) is 11.8 Å². The molecule has 2 nitrogen and oxygen atoms in total. The smallest absolute Gasteiger partial charge is 0.132 e. The number of benzene rings is 2. The first-order chi connectivity index (χ1) is 8.56. The predicted octanol–water partition coefficient (Wildman–Crippen LogP) is 4.01. The average molecular weight is 245 g/mol. The maximum absolute atomic E-state index is 13.7. The number of halogens is 1. The maximum Gasteiger partial charge on any atom is 0.132 e. The zero-order valence-corrected chi connectivity index (χ0v) is 10.4. The van der Waals surface area contributed by atoms with Crippen molar-refractivity contribution in [1.29, 1.82) is 0 Å². The zero-order valence-electron chi connectivity index (χ0n) is 10.4. The standard InChI is InChI=1S/C15H16FNO/c1-10-3-5-12(6-4-10)17-11(2)14-8-7-13(18)9-15(14)16/h3-9,11,17-18H,1-2H3. The zero-order chi connectivity index (χ0) is 13.1. The summed E-state index contributed by atoms with van der Waals surface area (Å²) in [5.74, 6) is -0.458. The number of phenolic OH excluding ortho intramolecular Hbond substituents is 1. The number of aromatic hydroxyl groups is 1. The van der Waals surface area contributed by atoms with Gasteiger partial charge in [0.2, 0.25) is 0 Å². The molecule has 0 spiro atoms. The van der Waals surface area contributed by atoms with Crippen molar-refractivity contribution in [2.45, 2.75) is 19.9 Å². The summed E-state index contributed by atoms with van der Waals surface area (Å²) in [7, 11) is 0. The summed E-state index contributed by atoms with van der Waals surface area (Å²) < 4.78 is 13.7. The molecule has 2 aromatic carbocycles. The molecule has 0 radical (unpaired) electrons. The van der Waals surface area contributed by atoms with E-state index in [1.807, 2.05) is 38.1 Å². The van der Waals surface area contributed by atoms with E-state index in [9.17, 15) is 9.50 Å². The highest BCUT2D eigenvalue weighted by atomic mass is 19.1. The number of nitrogens with one attached hydrogen (secondary N) is 1. The van der Waals surface area contributed by atoms with Crippen LogP contribution in [0.4, 0.5) is 10.1 Å². The molecule has 0 saturated heterocycles. The van der Waals surface area contributed by atoms with Crippen LogP contribution in [-0.4, -0.2) is 5.11 Å². The van der Waals surface area contributed by atoms with Gasteiger partial charge >= 0.3 is 0 Å². The molecule has 2 N–H and O–H groups in total. The molecule has 0 aliphatic heterocycles. The van der Waals surface area contributed by atoms with Crippen LogP contribution in [-0.2, 0) is 0 Å². The predicted molar refractivity (Wildman–Crippen MR) is 71.3 cm³/mol. The van der Waals surface area contributed by atoms with Gasteiger partial charge in [0, 0.05) is 17.3 Å². The van der Waals surface area contributed by atoms with E-state index < -0.39 is 5.82 Å². The Balaban J connectivity index is 2.16. The molecule has 2 aromatic rings. The summed E-state index contributed by atoms with van der Waals surface area (Å²) in [4.78, 5) is 0.